The normalized spacial score (nSPS) is 27.3. The lowest BCUT2D eigenvalue weighted by molar-refractivity contribution is -0.0528. The average molecular weight is 372 g/mol. The molecule has 1 saturated heterocycles. The number of nitrogens with zero attached hydrogens (tertiary/aromatic N) is 3. The van der Waals surface area contributed by atoms with Crippen molar-refractivity contribution in [3.8, 4) is 0 Å². The maximum absolute atomic E-state index is 12.8. The third kappa shape index (κ3) is 2.80. The summed E-state index contributed by atoms with van der Waals surface area (Å²) in [5.74, 6) is -0.278. The fourth-order valence-electron chi connectivity index (χ4n) is 2.98. The number of hydrogen-bond donors (Lipinski definition) is 7. The van der Waals surface area contributed by atoms with Gasteiger partial charge in [-0.2, -0.15) is 4.98 Å². The van der Waals surface area contributed by atoms with E-state index in [1.165, 1.54) is 0 Å². The number of fused-ring (bicyclic) bond motifs is 1. The van der Waals surface area contributed by atoms with Gasteiger partial charge in [0.2, 0.25) is 5.95 Å². The summed E-state index contributed by atoms with van der Waals surface area (Å²) in [6.07, 6.45) is -6.68. The Bertz CT molecular complexity index is 920. The third-order valence-corrected chi connectivity index (χ3v) is 4.27. The molecule has 1 aliphatic rings. The van der Waals surface area contributed by atoms with Crippen LogP contribution in [0.1, 0.15) is 6.23 Å². The minimum atomic E-state index is -1.56. The molecule has 144 valence electrons. The maximum Gasteiger partial charge on any atom is 0.332 e. The van der Waals surface area contributed by atoms with E-state index in [1.807, 2.05) is 0 Å². The first-order chi connectivity index (χ1) is 12.3. The highest BCUT2D eigenvalue weighted by Crippen LogP contribution is 2.30. The zero-order valence-electron chi connectivity index (χ0n) is 13.5. The molecule has 3 heterocycles. The van der Waals surface area contributed by atoms with Crippen LogP contribution in [0.2, 0.25) is 0 Å². The van der Waals surface area contributed by atoms with Crippen molar-refractivity contribution in [1.82, 2.24) is 19.1 Å². The van der Waals surface area contributed by atoms with Crippen LogP contribution in [0.3, 0.4) is 0 Å². The zero-order chi connectivity index (χ0) is 19.2. The van der Waals surface area contributed by atoms with Crippen LogP contribution in [-0.2, 0) is 11.3 Å². The zero-order valence-corrected chi connectivity index (χ0v) is 13.5. The number of hydrogen-bond acceptors (Lipinski definition) is 10. The molecule has 0 amide bonds. The Balaban J connectivity index is 2.24. The number of imidazole rings is 1. The lowest BCUT2D eigenvalue weighted by Crippen LogP contribution is -2.37. The van der Waals surface area contributed by atoms with Gasteiger partial charge in [0.25, 0.3) is 5.56 Å². The SMILES string of the molecule is NCC(O)Cn1c(=O)n(C2OC(CO)[C@@H](O)[C@H]2O)c2nc(N)[nH]c(=O)c21. The minimum Gasteiger partial charge on any atom is -0.394 e. The quantitative estimate of drug-likeness (QED) is 0.266. The highest BCUT2D eigenvalue weighted by molar-refractivity contribution is 5.71. The summed E-state index contributed by atoms with van der Waals surface area (Å²) in [6, 6.07) is 0. The summed E-state index contributed by atoms with van der Waals surface area (Å²) in [5, 5.41) is 39.1. The van der Waals surface area contributed by atoms with E-state index in [0.717, 1.165) is 9.13 Å². The Kier molecular flexibility index (Phi) is 4.83. The van der Waals surface area contributed by atoms with Gasteiger partial charge in [0.05, 0.1) is 19.3 Å². The van der Waals surface area contributed by atoms with Crippen molar-refractivity contribution in [3.05, 3.63) is 20.8 Å². The Hall–Kier alpha value is -2.29. The van der Waals surface area contributed by atoms with Crippen LogP contribution < -0.4 is 22.7 Å². The highest BCUT2D eigenvalue weighted by atomic mass is 16.6. The number of aliphatic hydroxyl groups excluding tert-OH is 4. The van der Waals surface area contributed by atoms with E-state index in [-0.39, 0.29) is 30.2 Å². The van der Waals surface area contributed by atoms with Crippen LogP contribution in [-0.4, -0.2) is 77.1 Å². The van der Waals surface area contributed by atoms with E-state index in [9.17, 15) is 30.0 Å². The number of aromatic amines is 1. The maximum atomic E-state index is 12.8. The monoisotopic (exact) mass is 372 g/mol. The largest absolute Gasteiger partial charge is 0.394 e. The van der Waals surface area contributed by atoms with Gasteiger partial charge in [0, 0.05) is 6.54 Å². The van der Waals surface area contributed by atoms with Gasteiger partial charge in [0.1, 0.15) is 18.3 Å². The van der Waals surface area contributed by atoms with Crippen molar-refractivity contribution in [2.45, 2.75) is 37.2 Å². The first-order valence-corrected chi connectivity index (χ1v) is 7.81. The number of ether oxygens (including phenoxy) is 1. The molecule has 26 heavy (non-hydrogen) atoms. The van der Waals surface area contributed by atoms with E-state index in [2.05, 4.69) is 9.97 Å². The summed E-state index contributed by atoms with van der Waals surface area (Å²) in [7, 11) is 0. The van der Waals surface area contributed by atoms with E-state index >= 15 is 0 Å². The summed E-state index contributed by atoms with van der Waals surface area (Å²) < 4.78 is 7.15. The number of nitrogens with two attached hydrogens (primary N) is 2. The summed E-state index contributed by atoms with van der Waals surface area (Å²) in [4.78, 5) is 31.3. The van der Waals surface area contributed by atoms with Crippen LogP contribution in [0.4, 0.5) is 5.95 Å². The molecule has 13 heteroatoms. The molecule has 13 nitrogen and oxygen atoms in total. The van der Waals surface area contributed by atoms with Crippen molar-refractivity contribution < 1.29 is 25.2 Å². The second kappa shape index (κ2) is 6.79. The number of anilines is 1. The third-order valence-electron chi connectivity index (χ3n) is 4.27. The summed E-state index contributed by atoms with van der Waals surface area (Å²) in [6.45, 7) is -1.06. The topological polar surface area (TPSA) is 215 Å². The smallest absolute Gasteiger partial charge is 0.332 e. The van der Waals surface area contributed by atoms with Crippen molar-refractivity contribution in [2.75, 3.05) is 18.9 Å². The summed E-state index contributed by atoms with van der Waals surface area (Å²) >= 11 is 0. The van der Waals surface area contributed by atoms with E-state index in [1.54, 1.807) is 0 Å². The fraction of sp³-hybridized carbons (Fsp3) is 0.615. The van der Waals surface area contributed by atoms with Gasteiger partial charge in [-0.1, -0.05) is 0 Å². The lowest BCUT2D eigenvalue weighted by atomic mass is 10.1. The predicted octanol–water partition coefficient (Wildman–Crippen LogP) is -4.60. The van der Waals surface area contributed by atoms with Crippen LogP contribution in [0.15, 0.2) is 9.59 Å². The molecular weight excluding hydrogens is 352 g/mol. The molecule has 3 unspecified atom stereocenters. The van der Waals surface area contributed by atoms with Crippen LogP contribution >= 0.6 is 0 Å². The molecular formula is C13H20N6O7. The molecule has 0 spiro atoms. The van der Waals surface area contributed by atoms with Gasteiger partial charge in [-0.25, -0.2) is 9.36 Å². The molecule has 0 aromatic carbocycles. The second-order valence-electron chi connectivity index (χ2n) is 6.00. The van der Waals surface area contributed by atoms with Gasteiger partial charge in [-0.05, 0) is 0 Å². The first-order valence-electron chi connectivity index (χ1n) is 7.81. The second-order valence-corrected chi connectivity index (χ2v) is 6.00. The van der Waals surface area contributed by atoms with Crippen molar-refractivity contribution in [3.63, 3.8) is 0 Å². The Morgan fingerprint density at radius 2 is 2.00 bits per heavy atom. The fourth-order valence-corrected chi connectivity index (χ4v) is 2.98. The molecule has 5 atom stereocenters. The van der Waals surface area contributed by atoms with Gasteiger partial charge in [0.15, 0.2) is 17.4 Å². The predicted molar refractivity (Wildman–Crippen MR) is 87.1 cm³/mol. The number of aromatic nitrogens is 4. The molecule has 1 aliphatic heterocycles. The van der Waals surface area contributed by atoms with E-state index in [4.69, 9.17) is 16.2 Å². The van der Waals surface area contributed by atoms with Gasteiger partial charge < -0.3 is 36.6 Å². The molecule has 9 N–H and O–H groups in total. The van der Waals surface area contributed by atoms with Crippen LogP contribution in [0.25, 0.3) is 11.2 Å². The Labute approximate surface area is 145 Å². The molecule has 0 saturated carbocycles. The van der Waals surface area contributed by atoms with E-state index < -0.39 is 48.5 Å². The average Bonchev–Trinajstić information content (AvgIpc) is 3.02. The molecule has 0 radical (unpaired) electrons. The molecule has 3 rings (SSSR count). The molecule has 2 aromatic heterocycles. The first kappa shape index (κ1) is 18.5. The minimum absolute atomic E-state index is 0.159. The van der Waals surface area contributed by atoms with Crippen molar-refractivity contribution in [2.24, 2.45) is 5.73 Å². The van der Waals surface area contributed by atoms with Gasteiger partial charge in [-0.3, -0.25) is 14.3 Å². The highest BCUT2D eigenvalue weighted by Gasteiger charge is 2.45. The van der Waals surface area contributed by atoms with Crippen molar-refractivity contribution in [1.29, 1.82) is 0 Å². The Morgan fingerprint density at radius 1 is 1.31 bits per heavy atom. The number of rotatable bonds is 5. The molecule has 2 aromatic rings. The van der Waals surface area contributed by atoms with Crippen molar-refractivity contribution >= 4 is 17.1 Å². The lowest BCUT2D eigenvalue weighted by Gasteiger charge is -2.15. The number of aliphatic hydroxyl groups is 4. The number of nitrogens with one attached hydrogen (secondary N) is 1. The summed E-state index contributed by atoms with van der Waals surface area (Å²) in [5.41, 5.74) is 8.94. The number of H-pyrrole nitrogens is 1. The van der Waals surface area contributed by atoms with Crippen LogP contribution in [0, 0.1) is 0 Å². The molecule has 1 fully saturated rings. The molecule has 0 aliphatic carbocycles. The van der Waals surface area contributed by atoms with Gasteiger partial charge >= 0.3 is 5.69 Å². The van der Waals surface area contributed by atoms with Crippen LogP contribution in [0.5, 0.6) is 0 Å². The Morgan fingerprint density at radius 3 is 2.58 bits per heavy atom. The van der Waals surface area contributed by atoms with Gasteiger partial charge in [-0.15, -0.1) is 0 Å². The van der Waals surface area contributed by atoms with E-state index in [0.29, 0.717) is 0 Å². The standard InChI is InChI=1S/C13H20N6O7/c14-1-4(21)2-18-6-9(16-12(15)17-10(6)24)19(13(18)25)11-8(23)7(22)5(3-20)26-11/h4-5,7-8,11,20-23H,1-3,14H2,(H3,15,16,17,24)/t4?,5?,7-,8-,11?/m1/s1. The molecule has 0 bridgehead atoms. The number of nitrogen functional groups attached to an aromatic ring is 1.